The van der Waals surface area contributed by atoms with E-state index in [1.165, 1.54) is 61.7 Å². The summed E-state index contributed by atoms with van der Waals surface area (Å²) >= 11 is 0. The fourth-order valence-corrected chi connectivity index (χ4v) is 2.55. The van der Waals surface area contributed by atoms with Gasteiger partial charge >= 0.3 is 5.97 Å². The molecule has 7 heteroatoms. The number of rotatable bonds is 5. The predicted octanol–water partition coefficient (Wildman–Crippen LogP) is 4.12. The molecule has 0 saturated carbocycles. The van der Waals surface area contributed by atoms with Crippen LogP contribution in [-0.2, 0) is 4.74 Å². The summed E-state index contributed by atoms with van der Waals surface area (Å²) < 4.78 is 17.6. The molecule has 0 heterocycles. The number of halogens is 1. The van der Waals surface area contributed by atoms with Crippen molar-refractivity contribution in [2.24, 2.45) is 0 Å². The van der Waals surface area contributed by atoms with Gasteiger partial charge in [0.25, 0.3) is 11.8 Å². The molecular formula is C22H17FN2O4. The van der Waals surface area contributed by atoms with Gasteiger partial charge in [0.1, 0.15) is 5.82 Å². The number of carbonyl (C=O) groups is 3. The zero-order chi connectivity index (χ0) is 20.8. The molecule has 0 spiro atoms. The van der Waals surface area contributed by atoms with Gasteiger partial charge in [0.15, 0.2) is 0 Å². The van der Waals surface area contributed by atoms with E-state index in [9.17, 15) is 18.8 Å². The number of hydrogen-bond acceptors (Lipinski definition) is 4. The molecule has 3 rings (SSSR count). The van der Waals surface area contributed by atoms with Crippen LogP contribution in [0.1, 0.15) is 31.1 Å². The lowest BCUT2D eigenvalue weighted by Crippen LogP contribution is -2.15. The second kappa shape index (κ2) is 8.79. The third kappa shape index (κ3) is 5.04. The van der Waals surface area contributed by atoms with Crippen LogP contribution in [0.15, 0.2) is 72.8 Å². The van der Waals surface area contributed by atoms with Gasteiger partial charge in [-0.1, -0.05) is 6.07 Å². The lowest BCUT2D eigenvalue weighted by Gasteiger charge is -2.09. The maximum absolute atomic E-state index is 13.0. The fraction of sp³-hybridized carbons (Fsp3) is 0.0455. The van der Waals surface area contributed by atoms with E-state index >= 15 is 0 Å². The first-order valence-corrected chi connectivity index (χ1v) is 8.63. The lowest BCUT2D eigenvalue weighted by molar-refractivity contribution is 0.0600. The van der Waals surface area contributed by atoms with Crippen LogP contribution in [0, 0.1) is 5.82 Å². The van der Waals surface area contributed by atoms with Crippen LogP contribution in [0.4, 0.5) is 15.8 Å². The number of carbonyl (C=O) groups excluding carboxylic acids is 3. The second-order valence-corrected chi connectivity index (χ2v) is 6.06. The maximum Gasteiger partial charge on any atom is 0.337 e. The highest BCUT2D eigenvalue weighted by atomic mass is 19.1. The first-order valence-electron chi connectivity index (χ1n) is 8.63. The molecule has 0 aliphatic heterocycles. The molecule has 0 bridgehead atoms. The topological polar surface area (TPSA) is 84.5 Å². The zero-order valence-corrected chi connectivity index (χ0v) is 15.4. The Morgan fingerprint density at radius 3 is 1.97 bits per heavy atom. The summed E-state index contributed by atoms with van der Waals surface area (Å²) in [4.78, 5) is 36.2. The minimum Gasteiger partial charge on any atom is -0.465 e. The largest absolute Gasteiger partial charge is 0.465 e. The van der Waals surface area contributed by atoms with Crippen molar-refractivity contribution in [1.82, 2.24) is 0 Å². The van der Waals surface area contributed by atoms with E-state index in [0.29, 0.717) is 28.1 Å². The van der Waals surface area contributed by atoms with Gasteiger partial charge in [0.2, 0.25) is 0 Å². The van der Waals surface area contributed by atoms with E-state index in [1.807, 2.05) is 0 Å². The maximum atomic E-state index is 13.0. The van der Waals surface area contributed by atoms with Crippen molar-refractivity contribution in [3.8, 4) is 0 Å². The van der Waals surface area contributed by atoms with Crippen LogP contribution >= 0.6 is 0 Å². The number of esters is 1. The minimum atomic E-state index is -0.489. The molecule has 146 valence electrons. The molecule has 3 aromatic carbocycles. The summed E-state index contributed by atoms with van der Waals surface area (Å²) in [5.74, 6) is -1.67. The van der Waals surface area contributed by atoms with Gasteiger partial charge in [-0.15, -0.1) is 0 Å². The molecule has 2 amide bonds. The second-order valence-electron chi connectivity index (χ2n) is 6.06. The Morgan fingerprint density at radius 2 is 1.31 bits per heavy atom. The number of anilines is 2. The molecule has 0 fully saturated rings. The Hall–Kier alpha value is -4.00. The van der Waals surface area contributed by atoms with Gasteiger partial charge in [0.05, 0.1) is 12.7 Å². The van der Waals surface area contributed by atoms with Crippen LogP contribution < -0.4 is 10.6 Å². The first kappa shape index (κ1) is 19.8. The Balaban J connectivity index is 1.68. The normalized spacial score (nSPS) is 10.1. The Morgan fingerprint density at radius 1 is 0.724 bits per heavy atom. The van der Waals surface area contributed by atoms with Crippen LogP contribution in [-0.4, -0.2) is 24.9 Å². The molecule has 29 heavy (non-hydrogen) atoms. The molecule has 0 aliphatic rings. The van der Waals surface area contributed by atoms with Gasteiger partial charge in [-0.05, 0) is 66.7 Å². The highest BCUT2D eigenvalue weighted by Crippen LogP contribution is 2.16. The standard InChI is InChI=1S/C22H17FN2O4/c1-29-22(28)15-7-5-14(6-8-15)20(26)25-19-4-2-3-16(13-19)21(27)24-18-11-9-17(23)10-12-18/h2-13H,1H3,(H,24,27)(H,25,26). The van der Waals surface area contributed by atoms with Gasteiger partial charge in [0, 0.05) is 22.5 Å². The number of benzene rings is 3. The van der Waals surface area contributed by atoms with E-state index in [1.54, 1.807) is 18.2 Å². The summed E-state index contributed by atoms with van der Waals surface area (Å²) in [6, 6.07) is 17.8. The van der Waals surface area contributed by atoms with Gasteiger partial charge in [-0.2, -0.15) is 0 Å². The molecule has 0 radical (unpaired) electrons. The quantitative estimate of drug-likeness (QED) is 0.640. The molecule has 0 atom stereocenters. The van der Waals surface area contributed by atoms with E-state index in [4.69, 9.17) is 0 Å². The molecule has 6 nitrogen and oxygen atoms in total. The monoisotopic (exact) mass is 392 g/mol. The molecule has 3 aromatic rings. The number of methoxy groups -OCH3 is 1. The summed E-state index contributed by atoms with van der Waals surface area (Å²) in [7, 11) is 1.28. The lowest BCUT2D eigenvalue weighted by atomic mass is 10.1. The van der Waals surface area contributed by atoms with Gasteiger partial charge < -0.3 is 15.4 Å². The first-order chi connectivity index (χ1) is 14.0. The van der Waals surface area contributed by atoms with E-state index in [2.05, 4.69) is 15.4 Å². The molecule has 0 saturated heterocycles. The summed E-state index contributed by atoms with van der Waals surface area (Å²) in [6.07, 6.45) is 0. The molecule has 2 N–H and O–H groups in total. The van der Waals surface area contributed by atoms with Crippen molar-refractivity contribution in [3.05, 3.63) is 95.3 Å². The van der Waals surface area contributed by atoms with Gasteiger partial charge in [-0.3, -0.25) is 9.59 Å². The van der Waals surface area contributed by atoms with Crippen LogP contribution in [0.5, 0.6) is 0 Å². The molecule has 0 unspecified atom stereocenters. The summed E-state index contributed by atoms with van der Waals surface area (Å²) in [5.41, 5.74) is 1.89. The third-order valence-corrected chi connectivity index (χ3v) is 4.05. The molecule has 0 aliphatic carbocycles. The Bertz CT molecular complexity index is 1050. The van der Waals surface area contributed by atoms with Crippen molar-refractivity contribution in [2.45, 2.75) is 0 Å². The smallest absolute Gasteiger partial charge is 0.337 e. The highest BCUT2D eigenvalue weighted by molar-refractivity contribution is 6.07. The van der Waals surface area contributed by atoms with Crippen LogP contribution in [0.3, 0.4) is 0 Å². The Kier molecular flexibility index (Phi) is 5.99. The van der Waals surface area contributed by atoms with E-state index in [-0.39, 0.29) is 0 Å². The number of ether oxygens (including phenoxy) is 1. The fourth-order valence-electron chi connectivity index (χ4n) is 2.55. The molecule has 0 aromatic heterocycles. The predicted molar refractivity (Wildman–Crippen MR) is 107 cm³/mol. The molecular weight excluding hydrogens is 375 g/mol. The third-order valence-electron chi connectivity index (χ3n) is 4.05. The highest BCUT2D eigenvalue weighted by Gasteiger charge is 2.11. The average molecular weight is 392 g/mol. The zero-order valence-electron chi connectivity index (χ0n) is 15.4. The van der Waals surface area contributed by atoms with Crippen molar-refractivity contribution in [1.29, 1.82) is 0 Å². The number of hydrogen-bond donors (Lipinski definition) is 2. The summed E-state index contributed by atoms with van der Waals surface area (Å²) in [6.45, 7) is 0. The summed E-state index contributed by atoms with van der Waals surface area (Å²) in [5, 5.41) is 5.36. The number of amides is 2. The number of nitrogens with one attached hydrogen (secondary N) is 2. The van der Waals surface area contributed by atoms with Crippen LogP contribution in [0.2, 0.25) is 0 Å². The van der Waals surface area contributed by atoms with Gasteiger partial charge in [-0.25, -0.2) is 9.18 Å². The van der Waals surface area contributed by atoms with Crippen molar-refractivity contribution < 1.29 is 23.5 Å². The van der Waals surface area contributed by atoms with E-state index in [0.717, 1.165) is 0 Å². The van der Waals surface area contributed by atoms with Crippen LogP contribution in [0.25, 0.3) is 0 Å². The minimum absolute atomic E-state index is 0.327. The average Bonchev–Trinajstić information content (AvgIpc) is 2.75. The van der Waals surface area contributed by atoms with Crippen molar-refractivity contribution in [3.63, 3.8) is 0 Å². The van der Waals surface area contributed by atoms with E-state index < -0.39 is 23.6 Å². The van der Waals surface area contributed by atoms with Crippen molar-refractivity contribution in [2.75, 3.05) is 17.7 Å². The SMILES string of the molecule is COC(=O)c1ccc(C(=O)Nc2cccc(C(=O)Nc3ccc(F)cc3)c2)cc1. The van der Waals surface area contributed by atoms with Crippen molar-refractivity contribution >= 4 is 29.2 Å². The Labute approximate surface area is 166 Å².